The molecule has 378 valence electrons. The van der Waals surface area contributed by atoms with Gasteiger partial charge in [0, 0.05) is 42.8 Å². The molecule has 4 rings (SSSR count). The highest BCUT2D eigenvalue weighted by molar-refractivity contribution is 8.01. The minimum Gasteiger partial charge on any atom is -0.428 e. The Labute approximate surface area is 405 Å². The molecule has 3 unspecified atom stereocenters. The Morgan fingerprint density at radius 3 is 2.13 bits per heavy atom. The number of imidazole rings is 1. The number of thioether (sulfide) groups is 1. The Morgan fingerprint density at radius 1 is 0.812 bits per heavy atom. The fraction of sp³-hybridized carbons (Fsp3) is 0.587. The number of hydrogen-bond acceptors (Lipinski definition) is 14. The lowest BCUT2D eigenvalue weighted by atomic mass is 9.95. The predicted octanol–water partition coefficient (Wildman–Crippen LogP) is -0.271. The first kappa shape index (κ1) is 55.1. The van der Waals surface area contributed by atoms with Crippen molar-refractivity contribution in [1.29, 1.82) is 0 Å². The topological polar surface area (TPSA) is 305 Å². The molecule has 2 saturated heterocycles. The molecule has 2 fully saturated rings. The lowest BCUT2D eigenvalue weighted by molar-refractivity contribution is -0.176. The highest BCUT2D eigenvalue weighted by atomic mass is 32.2. The maximum atomic E-state index is 13.5. The lowest BCUT2D eigenvalue weighted by Gasteiger charge is -2.43. The van der Waals surface area contributed by atoms with E-state index in [1.165, 1.54) is 23.0 Å². The maximum Gasteiger partial charge on any atom is 0.333 e. The van der Waals surface area contributed by atoms with Crippen LogP contribution in [0.15, 0.2) is 42.9 Å². The van der Waals surface area contributed by atoms with Crippen LogP contribution in [0.2, 0.25) is 0 Å². The van der Waals surface area contributed by atoms with E-state index in [1.54, 1.807) is 27.0 Å². The van der Waals surface area contributed by atoms with E-state index in [0.717, 1.165) is 5.56 Å². The zero-order valence-corrected chi connectivity index (χ0v) is 41.0. The molecule has 2 aromatic rings. The number of fused-ring (bicyclic) bond motifs is 1. The molecule has 0 aliphatic carbocycles. The molecule has 0 spiro atoms. The molecule has 3 heterocycles. The van der Waals surface area contributed by atoms with Crippen LogP contribution in [0.25, 0.3) is 0 Å². The summed E-state index contributed by atoms with van der Waals surface area (Å²) in [6.07, 6.45) is 3.91. The summed E-state index contributed by atoms with van der Waals surface area (Å²) in [5.74, 6) is -6.34. The monoisotopic (exact) mass is 982 g/mol. The number of amides is 8. The number of hydrogen-bond donors (Lipinski definition) is 8. The van der Waals surface area contributed by atoms with Gasteiger partial charge in [0.05, 0.1) is 38.0 Å². The molecule has 8 amide bonds. The summed E-state index contributed by atoms with van der Waals surface area (Å²) in [6.45, 7) is 11.1. The van der Waals surface area contributed by atoms with Crippen molar-refractivity contribution in [2.24, 2.45) is 17.8 Å². The smallest absolute Gasteiger partial charge is 0.333 e. The van der Waals surface area contributed by atoms with E-state index < -0.39 is 107 Å². The van der Waals surface area contributed by atoms with Gasteiger partial charge < -0.3 is 56.6 Å². The second-order valence-corrected chi connectivity index (χ2v) is 19.8. The number of nitrogens with zero attached hydrogens (tertiary/aromatic N) is 2. The zero-order valence-electron chi connectivity index (χ0n) is 40.1. The van der Waals surface area contributed by atoms with Crippen molar-refractivity contribution in [3.63, 3.8) is 0 Å². The molecule has 23 heteroatoms. The molecule has 1 aromatic carbocycles. The van der Waals surface area contributed by atoms with E-state index in [-0.39, 0.29) is 62.4 Å². The minimum atomic E-state index is -1.01. The van der Waals surface area contributed by atoms with Crippen molar-refractivity contribution in [3.05, 3.63) is 54.1 Å². The quantitative estimate of drug-likeness (QED) is 0.0248. The van der Waals surface area contributed by atoms with Crippen LogP contribution in [0.5, 0.6) is 0 Å². The number of aromatic nitrogens is 2. The number of carbonyl (C=O) groups is 10. The Balaban J connectivity index is 1.07. The Hall–Kier alpha value is -6.52. The van der Waals surface area contributed by atoms with Gasteiger partial charge in [-0.1, -0.05) is 71.4 Å². The highest BCUT2D eigenvalue weighted by Crippen LogP contribution is 2.51. The summed E-state index contributed by atoms with van der Waals surface area (Å²) in [5, 5.41) is 17.8. The van der Waals surface area contributed by atoms with E-state index in [0.29, 0.717) is 18.5 Å². The molecule has 69 heavy (non-hydrogen) atoms. The predicted molar refractivity (Wildman–Crippen MR) is 251 cm³/mol. The lowest BCUT2D eigenvalue weighted by Crippen LogP contribution is -2.70. The van der Waals surface area contributed by atoms with E-state index in [4.69, 9.17) is 9.47 Å². The highest BCUT2D eigenvalue weighted by Gasteiger charge is 2.64. The number of benzene rings is 1. The number of ether oxygens (including phenoxy) is 2. The average molecular weight is 983 g/mol. The number of esters is 2. The average Bonchev–Trinajstić information content (AvgIpc) is 3.91. The van der Waals surface area contributed by atoms with E-state index >= 15 is 0 Å². The molecule has 0 saturated carbocycles. The van der Waals surface area contributed by atoms with Gasteiger partial charge in [0.25, 0.3) is 0 Å². The summed E-state index contributed by atoms with van der Waals surface area (Å²) in [4.78, 5) is 136. The van der Waals surface area contributed by atoms with Gasteiger partial charge in [0.1, 0.15) is 29.5 Å². The van der Waals surface area contributed by atoms with E-state index in [9.17, 15) is 47.9 Å². The van der Waals surface area contributed by atoms with Crippen molar-refractivity contribution in [2.45, 2.75) is 121 Å². The molecule has 22 nitrogen and oxygen atoms in total. The van der Waals surface area contributed by atoms with Crippen LogP contribution in [0.3, 0.4) is 0 Å². The normalized spacial score (nSPS) is 18.5. The molecule has 7 atom stereocenters. The molecular formula is C46H66N10O12S. The van der Waals surface area contributed by atoms with Crippen LogP contribution in [0.4, 0.5) is 0 Å². The van der Waals surface area contributed by atoms with Crippen LogP contribution in [0.1, 0.15) is 85.4 Å². The standard InChI is InChI=1S/C46H66N10O12S/c1-8-27(4)37(55-40(62)28(5)19-30-21-47-24-52-30)42(64)53-31(18-26(2)3)41(63)51-23-35(60)50-22-34(59)49-17-16-48-32(57)14-15-36(61)67-25-68-45(66)39-46(6,7)69-44-38(43(65)56(39)44)54-33(58)20-29-12-10-9-11-13-29/h9-13,21,24,26-28,31,37-39,44H,8,14-20,22-23,25H2,1-7H3,(H,47,52)(H,48,57)(H,49,59)(H,50,60)(H,51,63)(H,53,64)(H,54,58)(H,55,62)/t27?,28?,31-,37-,38+,39?,44+/m0/s1. The Morgan fingerprint density at radius 2 is 1.48 bits per heavy atom. The van der Waals surface area contributed by atoms with Crippen LogP contribution in [0, 0.1) is 17.8 Å². The van der Waals surface area contributed by atoms with Gasteiger partial charge >= 0.3 is 11.9 Å². The van der Waals surface area contributed by atoms with Gasteiger partial charge in [-0.15, -0.1) is 11.8 Å². The van der Waals surface area contributed by atoms with Crippen molar-refractivity contribution >= 4 is 71.0 Å². The third-order valence-corrected chi connectivity index (χ3v) is 13.0. The molecule has 8 N–H and O–H groups in total. The molecule has 2 aliphatic rings. The first-order valence-corrected chi connectivity index (χ1v) is 23.9. The van der Waals surface area contributed by atoms with E-state index in [1.807, 2.05) is 58.0 Å². The van der Waals surface area contributed by atoms with Crippen LogP contribution in [-0.2, 0) is 70.3 Å². The van der Waals surface area contributed by atoms with Gasteiger partial charge in [-0.2, -0.15) is 0 Å². The van der Waals surface area contributed by atoms with E-state index in [2.05, 4.69) is 47.2 Å². The van der Waals surface area contributed by atoms with Crippen LogP contribution >= 0.6 is 11.8 Å². The molecule has 0 bridgehead atoms. The van der Waals surface area contributed by atoms with Crippen molar-refractivity contribution in [2.75, 3.05) is 33.0 Å². The van der Waals surface area contributed by atoms with Gasteiger partial charge in [-0.05, 0) is 37.7 Å². The van der Waals surface area contributed by atoms with Gasteiger partial charge in [0.2, 0.25) is 54.1 Å². The Bertz CT molecular complexity index is 2140. The summed E-state index contributed by atoms with van der Waals surface area (Å²) >= 11 is 1.35. The van der Waals surface area contributed by atoms with Gasteiger partial charge in [-0.3, -0.25) is 43.2 Å². The third kappa shape index (κ3) is 16.9. The number of aromatic amines is 1. The second-order valence-electron chi connectivity index (χ2n) is 18.0. The number of rotatable bonds is 27. The van der Waals surface area contributed by atoms with Crippen LogP contribution < -0.4 is 37.2 Å². The second kappa shape index (κ2) is 26.3. The number of β-lactam (4-membered cyclic amide) rings is 1. The molecule has 1 aromatic heterocycles. The maximum absolute atomic E-state index is 13.5. The van der Waals surface area contributed by atoms with Gasteiger partial charge in [-0.25, -0.2) is 9.78 Å². The zero-order chi connectivity index (χ0) is 50.8. The molecule has 2 aliphatic heterocycles. The third-order valence-electron chi connectivity index (χ3n) is 11.5. The van der Waals surface area contributed by atoms with Crippen molar-refractivity contribution in [3.8, 4) is 0 Å². The first-order chi connectivity index (χ1) is 32.7. The van der Waals surface area contributed by atoms with Crippen molar-refractivity contribution < 1.29 is 57.4 Å². The number of nitrogens with one attached hydrogen (secondary N) is 8. The molecule has 0 radical (unpaired) electrons. The summed E-state index contributed by atoms with van der Waals surface area (Å²) in [7, 11) is 0. The number of carbonyl (C=O) groups excluding carboxylic acids is 10. The Kier molecular flexibility index (Phi) is 21.0. The summed E-state index contributed by atoms with van der Waals surface area (Å²) in [5.41, 5.74) is 1.50. The fourth-order valence-corrected chi connectivity index (χ4v) is 9.13. The van der Waals surface area contributed by atoms with Crippen molar-refractivity contribution in [1.82, 2.24) is 52.1 Å². The SMILES string of the molecule is CCC(C)[C@H](NC(=O)C(C)Cc1c[nH]cn1)C(=O)N[C@@H](CC(C)C)C(=O)NCC(=O)NCC(=O)NCCNC(=O)CCC(=O)OCOC(=O)C1N2C(=O)[C@@H](NC(=O)Cc3ccccc3)[C@H]2SC1(C)C. The van der Waals surface area contributed by atoms with Crippen LogP contribution in [-0.4, -0.2) is 141 Å². The van der Waals surface area contributed by atoms with Gasteiger partial charge in [0.15, 0.2) is 0 Å². The summed E-state index contributed by atoms with van der Waals surface area (Å²) in [6, 6.07) is 5.37. The fourth-order valence-electron chi connectivity index (χ4n) is 7.51. The first-order valence-electron chi connectivity index (χ1n) is 23.0. The largest absolute Gasteiger partial charge is 0.428 e. The minimum absolute atomic E-state index is 0.00117. The molecular weight excluding hydrogens is 917 g/mol. The summed E-state index contributed by atoms with van der Waals surface area (Å²) < 4.78 is 9.39. The number of H-pyrrole nitrogens is 1.